The summed E-state index contributed by atoms with van der Waals surface area (Å²) in [5.41, 5.74) is 3.22. The average molecular weight is 375 g/mol. The number of imidazole rings is 1. The molecule has 0 spiro atoms. The van der Waals surface area contributed by atoms with Crippen molar-refractivity contribution in [2.24, 2.45) is 5.92 Å². The minimum absolute atomic E-state index is 0.105. The van der Waals surface area contributed by atoms with Gasteiger partial charge in [0.25, 0.3) is 5.56 Å². The summed E-state index contributed by atoms with van der Waals surface area (Å²) in [5.74, 6) is 1.78. The van der Waals surface area contributed by atoms with Crippen molar-refractivity contribution >= 4 is 0 Å². The first-order chi connectivity index (χ1) is 13.8. The molecule has 0 unspecified atom stereocenters. The molecule has 0 radical (unpaired) electrons. The molecule has 0 saturated carbocycles. The highest BCUT2D eigenvalue weighted by molar-refractivity contribution is 5.54. The first-order valence-electron chi connectivity index (χ1n) is 10.1. The molecule has 0 aromatic carbocycles. The molecule has 0 amide bonds. The highest BCUT2D eigenvalue weighted by Crippen LogP contribution is 2.32. The van der Waals surface area contributed by atoms with E-state index in [-0.39, 0.29) is 5.56 Å². The summed E-state index contributed by atoms with van der Waals surface area (Å²) in [6.07, 6.45) is 10.6. The number of hydrogen-bond donors (Lipinski definition) is 1. The van der Waals surface area contributed by atoms with Gasteiger partial charge in [0.05, 0.1) is 5.56 Å². The Bertz CT molecular complexity index is 1020. The molecule has 1 saturated heterocycles. The van der Waals surface area contributed by atoms with Crippen LogP contribution in [0.25, 0.3) is 11.4 Å². The van der Waals surface area contributed by atoms with Crippen LogP contribution in [0, 0.1) is 5.92 Å². The first-order valence-corrected chi connectivity index (χ1v) is 10.1. The quantitative estimate of drug-likeness (QED) is 0.744. The Morgan fingerprint density at radius 3 is 3.04 bits per heavy atom. The van der Waals surface area contributed by atoms with Crippen LogP contribution >= 0.6 is 0 Å². The van der Waals surface area contributed by atoms with Gasteiger partial charge in [0.15, 0.2) is 0 Å². The summed E-state index contributed by atoms with van der Waals surface area (Å²) in [5, 5.41) is 3.50. The Kier molecular flexibility index (Phi) is 4.56. The van der Waals surface area contributed by atoms with Gasteiger partial charge in [0.1, 0.15) is 5.82 Å². The molecule has 0 aliphatic carbocycles. The molecule has 28 heavy (non-hydrogen) atoms. The SMILES string of the molecule is O=c1c(-c2nccn2CCCc2cccnc2)ccc2n1C[C@@H]1CNC[C@H]2C1. The van der Waals surface area contributed by atoms with Gasteiger partial charge >= 0.3 is 0 Å². The number of hydrogen-bond acceptors (Lipinski definition) is 4. The van der Waals surface area contributed by atoms with E-state index in [1.165, 1.54) is 17.7 Å². The minimum atomic E-state index is 0.105. The largest absolute Gasteiger partial charge is 0.331 e. The molecule has 2 aliphatic rings. The monoisotopic (exact) mass is 375 g/mol. The molecule has 2 bridgehead atoms. The van der Waals surface area contributed by atoms with Crippen LogP contribution < -0.4 is 10.9 Å². The number of aryl methyl sites for hydroxylation is 2. The Morgan fingerprint density at radius 1 is 1.18 bits per heavy atom. The van der Waals surface area contributed by atoms with Gasteiger partial charge < -0.3 is 14.5 Å². The predicted molar refractivity (Wildman–Crippen MR) is 108 cm³/mol. The van der Waals surface area contributed by atoms with Gasteiger partial charge in [-0.15, -0.1) is 0 Å². The van der Waals surface area contributed by atoms with E-state index in [2.05, 4.69) is 32.0 Å². The third-order valence-corrected chi connectivity index (χ3v) is 6.05. The number of nitrogens with one attached hydrogen (secondary N) is 1. The van der Waals surface area contributed by atoms with Gasteiger partial charge in [-0.05, 0) is 55.5 Å². The second-order valence-electron chi connectivity index (χ2n) is 7.95. The summed E-state index contributed by atoms with van der Waals surface area (Å²) in [6.45, 7) is 3.63. The van der Waals surface area contributed by atoms with Gasteiger partial charge in [-0.2, -0.15) is 0 Å². The second kappa shape index (κ2) is 7.36. The van der Waals surface area contributed by atoms with Crippen LogP contribution in [-0.2, 0) is 19.5 Å². The number of pyridine rings is 2. The maximum atomic E-state index is 13.3. The van der Waals surface area contributed by atoms with Crippen molar-refractivity contribution in [2.45, 2.75) is 38.3 Å². The van der Waals surface area contributed by atoms with Crippen LogP contribution in [0.15, 0.2) is 53.8 Å². The van der Waals surface area contributed by atoms with Gasteiger partial charge in [-0.1, -0.05) is 6.07 Å². The van der Waals surface area contributed by atoms with Crippen LogP contribution in [0.5, 0.6) is 0 Å². The lowest BCUT2D eigenvalue weighted by Crippen LogP contribution is -2.45. The van der Waals surface area contributed by atoms with Gasteiger partial charge in [-0.3, -0.25) is 9.78 Å². The van der Waals surface area contributed by atoms with Crippen LogP contribution in [0.3, 0.4) is 0 Å². The average Bonchev–Trinajstić information content (AvgIpc) is 3.18. The molecule has 6 nitrogen and oxygen atoms in total. The van der Waals surface area contributed by atoms with E-state index >= 15 is 0 Å². The highest BCUT2D eigenvalue weighted by atomic mass is 16.1. The summed E-state index contributed by atoms with van der Waals surface area (Å²) < 4.78 is 4.11. The van der Waals surface area contributed by atoms with Gasteiger partial charge in [-0.25, -0.2) is 4.98 Å². The number of nitrogens with zero attached hydrogens (tertiary/aromatic N) is 4. The fourth-order valence-corrected chi connectivity index (χ4v) is 4.69. The third kappa shape index (κ3) is 3.18. The van der Waals surface area contributed by atoms with Crippen LogP contribution in [0.4, 0.5) is 0 Å². The Morgan fingerprint density at radius 2 is 2.14 bits per heavy atom. The van der Waals surface area contributed by atoms with Crippen LogP contribution in [0.1, 0.15) is 30.0 Å². The first kappa shape index (κ1) is 17.4. The zero-order valence-corrected chi connectivity index (χ0v) is 15.9. The molecule has 5 rings (SSSR count). The van der Waals surface area contributed by atoms with Crippen molar-refractivity contribution in [2.75, 3.05) is 13.1 Å². The number of aromatic nitrogens is 4. The zero-order valence-electron chi connectivity index (χ0n) is 15.9. The van der Waals surface area contributed by atoms with E-state index in [0.29, 0.717) is 17.4 Å². The summed E-state index contributed by atoms with van der Waals surface area (Å²) in [4.78, 5) is 22.0. The molecule has 3 aromatic heterocycles. The lowest BCUT2D eigenvalue weighted by molar-refractivity contribution is 0.257. The number of piperidine rings is 1. The van der Waals surface area contributed by atoms with E-state index in [4.69, 9.17) is 0 Å². The smallest absolute Gasteiger partial charge is 0.261 e. The fraction of sp³-hybridized carbons (Fsp3) is 0.409. The lowest BCUT2D eigenvalue weighted by Gasteiger charge is -2.37. The van der Waals surface area contributed by atoms with E-state index in [0.717, 1.165) is 44.8 Å². The second-order valence-corrected chi connectivity index (χ2v) is 7.95. The van der Waals surface area contributed by atoms with Crippen LogP contribution in [-0.4, -0.2) is 32.2 Å². The van der Waals surface area contributed by atoms with Gasteiger partial charge in [0.2, 0.25) is 0 Å². The van der Waals surface area contributed by atoms with Crippen molar-refractivity contribution < 1.29 is 0 Å². The molecule has 5 heterocycles. The molecule has 2 aliphatic heterocycles. The lowest BCUT2D eigenvalue weighted by atomic mass is 9.84. The van der Waals surface area contributed by atoms with E-state index < -0.39 is 0 Å². The van der Waals surface area contributed by atoms with E-state index in [9.17, 15) is 4.79 Å². The number of fused-ring (bicyclic) bond motifs is 4. The van der Waals surface area contributed by atoms with Crippen molar-refractivity contribution in [3.63, 3.8) is 0 Å². The summed E-state index contributed by atoms with van der Waals surface area (Å²) >= 11 is 0. The van der Waals surface area contributed by atoms with Crippen molar-refractivity contribution in [3.05, 3.63) is 70.7 Å². The summed E-state index contributed by atoms with van der Waals surface area (Å²) in [6, 6.07) is 8.18. The maximum Gasteiger partial charge on any atom is 0.261 e. The fourth-order valence-electron chi connectivity index (χ4n) is 4.69. The standard InChI is InChI=1S/C22H25N5O/c28-22-19(5-6-20-18-11-17(13-24-14-18)15-27(20)22)21-25-8-10-26(21)9-2-4-16-3-1-7-23-12-16/h1,3,5-8,10,12,17-18,24H,2,4,9,11,13-15H2/t17-,18+/m0/s1. The Hall–Kier alpha value is -2.73. The highest BCUT2D eigenvalue weighted by Gasteiger charge is 2.31. The Balaban J connectivity index is 1.39. The summed E-state index contributed by atoms with van der Waals surface area (Å²) in [7, 11) is 0. The molecular formula is C22H25N5O. The molecule has 1 fully saturated rings. The molecular weight excluding hydrogens is 350 g/mol. The third-order valence-electron chi connectivity index (χ3n) is 6.05. The van der Waals surface area contributed by atoms with Crippen molar-refractivity contribution in [1.29, 1.82) is 0 Å². The van der Waals surface area contributed by atoms with E-state index in [1.807, 2.05) is 29.1 Å². The zero-order chi connectivity index (χ0) is 18.9. The van der Waals surface area contributed by atoms with Gasteiger partial charge in [0, 0.05) is 56.0 Å². The normalized spacial score (nSPS) is 20.7. The maximum absolute atomic E-state index is 13.3. The minimum Gasteiger partial charge on any atom is -0.331 e. The van der Waals surface area contributed by atoms with Crippen molar-refractivity contribution in [1.82, 2.24) is 24.4 Å². The molecule has 2 atom stereocenters. The molecule has 6 heteroatoms. The number of rotatable bonds is 5. The Labute approximate surface area is 164 Å². The topological polar surface area (TPSA) is 64.7 Å². The molecule has 3 aromatic rings. The molecule has 144 valence electrons. The van der Waals surface area contributed by atoms with E-state index in [1.54, 1.807) is 12.4 Å². The van der Waals surface area contributed by atoms with Crippen LogP contribution in [0.2, 0.25) is 0 Å². The van der Waals surface area contributed by atoms with Crippen molar-refractivity contribution in [3.8, 4) is 11.4 Å². The molecule has 1 N–H and O–H groups in total. The predicted octanol–water partition coefficient (Wildman–Crippen LogP) is 2.45.